The molecule has 1 amide bonds. The lowest BCUT2D eigenvalue weighted by molar-refractivity contribution is -0.122. The second kappa shape index (κ2) is 8.14. The first-order valence-electron chi connectivity index (χ1n) is 7.55. The Morgan fingerprint density at radius 2 is 1.52 bits per heavy atom. The Labute approximate surface area is 144 Å². The number of benzene rings is 2. The van der Waals surface area contributed by atoms with E-state index in [2.05, 4.69) is 38.2 Å². The molecule has 0 saturated carbocycles. The molecule has 3 nitrogen and oxygen atoms in total. The third-order valence-electron chi connectivity index (χ3n) is 4.00. The van der Waals surface area contributed by atoms with Gasteiger partial charge in [-0.1, -0.05) is 47.5 Å². The second-order valence-electron chi connectivity index (χ2n) is 5.98. The minimum Gasteiger partial charge on any atom is -0.350 e. The lowest BCUT2D eigenvalue weighted by Crippen LogP contribution is -2.34. The number of carbonyl (C=O) groups is 1. The highest BCUT2D eigenvalue weighted by Gasteiger charge is 2.16. The highest BCUT2D eigenvalue weighted by Crippen LogP contribution is 2.17. The van der Waals surface area contributed by atoms with E-state index >= 15 is 0 Å². The van der Waals surface area contributed by atoms with Crippen LogP contribution in [0.1, 0.15) is 39.4 Å². The van der Waals surface area contributed by atoms with E-state index in [0.717, 1.165) is 16.7 Å². The van der Waals surface area contributed by atoms with Gasteiger partial charge in [0.25, 0.3) is 0 Å². The average Bonchev–Trinajstić information content (AvgIpc) is 2.46. The highest BCUT2D eigenvalue weighted by atomic mass is 35.5. The zero-order valence-corrected chi connectivity index (χ0v) is 15.0. The van der Waals surface area contributed by atoms with Gasteiger partial charge in [-0.25, -0.2) is 0 Å². The molecule has 0 aliphatic carbocycles. The molecule has 0 fully saturated rings. The fourth-order valence-electron chi connectivity index (χ4n) is 2.70. The molecule has 0 bridgehead atoms. The summed E-state index contributed by atoms with van der Waals surface area (Å²) < 4.78 is 0. The number of hydrogen-bond donors (Lipinski definition) is 2. The zero-order chi connectivity index (χ0) is 16.3. The number of carbonyl (C=O) groups excluding carboxylic acids is 1. The number of halogens is 1. The SMILES string of the molecule is Cc1ccc(C(N)C(=O)NCc2c(C)cc(C)cc2C)cc1.Cl. The van der Waals surface area contributed by atoms with Gasteiger partial charge < -0.3 is 11.1 Å². The lowest BCUT2D eigenvalue weighted by Gasteiger charge is -2.16. The largest absolute Gasteiger partial charge is 0.350 e. The molecular formula is C19H25ClN2O. The van der Waals surface area contributed by atoms with Gasteiger partial charge in [-0.3, -0.25) is 4.79 Å². The van der Waals surface area contributed by atoms with Crippen LogP contribution in [0.15, 0.2) is 36.4 Å². The van der Waals surface area contributed by atoms with Gasteiger partial charge in [-0.05, 0) is 49.9 Å². The van der Waals surface area contributed by atoms with E-state index in [9.17, 15) is 4.79 Å². The predicted molar refractivity (Wildman–Crippen MR) is 97.9 cm³/mol. The number of rotatable bonds is 4. The highest BCUT2D eigenvalue weighted by molar-refractivity contribution is 5.85. The molecule has 0 saturated heterocycles. The maximum Gasteiger partial charge on any atom is 0.241 e. The van der Waals surface area contributed by atoms with E-state index in [-0.39, 0.29) is 18.3 Å². The van der Waals surface area contributed by atoms with E-state index in [1.807, 2.05) is 31.2 Å². The first kappa shape index (κ1) is 19.2. The zero-order valence-electron chi connectivity index (χ0n) is 14.1. The van der Waals surface area contributed by atoms with Crippen molar-refractivity contribution in [2.75, 3.05) is 0 Å². The molecule has 0 aliphatic rings. The fraction of sp³-hybridized carbons (Fsp3) is 0.316. The van der Waals surface area contributed by atoms with Crippen LogP contribution in [0.3, 0.4) is 0 Å². The Kier molecular flexibility index (Phi) is 6.79. The maximum atomic E-state index is 12.3. The standard InChI is InChI=1S/C19H24N2O.ClH/c1-12-5-7-16(8-6-12)18(20)19(22)21-11-17-14(3)9-13(2)10-15(17)4;/h5-10,18H,11,20H2,1-4H3,(H,21,22);1H. The molecular weight excluding hydrogens is 308 g/mol. The van der Waals surface area contributed by atoms with Crippen LogP contribution in [0.25, 0.3) is 0 Å². The molecule has 3 N–H and O–H groups in total. The normalized spacial score (nSPS) is 11.5. The average molecular weight is 333 g/mol. The number of hydrogen-bond acceptors (Lipinski definition) is 2. The Morgan fingerprint density at radius 3 is 2.04 bits per heavy atom. The molecule has 124 valence electrons. The molecule has 2 aromatic rings. The van der Waals surface area contributed by atoms with Gasteiger partial charge in [0.05, 0.1) is 0 Å². The molecule has 0 spiro atoms. The van der Waals surface area contributed by atoms with Crippen LogP contribution in [0.4, 0.5) is 0 Å². The first-order valence-corrected chi connectivity index (χ1v) is 7.55. The van der Waals surface area contributed by atoms with Crippen molar-refractivity contribution in [2.24, 2.45) is 5.73 Å². The van der Waals surface area contributed by atoms with Gasteiger partial charge in [0.2, 0.25) is 5.91 Å². The summed E-state index contributed by atoms with van der Waals surface area (Å²) in [5, 5.41) is 2.95. The van der Waals surface area contributed by atoms with Crippen molar-refractivity contribution < 1.29 is 4.79 Å². The number of amides is 1. The summed E-state index contributed by atoms with van der Waals surface area (Å²) in [5.41, 5.74) is 12.8. The molecule has 0 heterocycles. The van der Waals surface area contributed by atoms with Crippen molar-refractivity contribution in [1.29, 1.82) is 0 Å². The Morgan fingerprint density at radius 1 is 1.00 bits per heavy atom. The molecule has 0 radical (unpaired) electrons. The van der Waals surface area contributed by atoms with Crippen molar-refractivity contribution in [1.82, 2.24) is 5.32 Å². The van der Waals surface area contributed by atoms with Gasteiger partial charge in [0.1, 0.15) is 6.04 Å². The van der Waals surface area contributed by atoms with Crippen LogP contribution in [0.2, 0.25) is 0 Å². The predicted octanol–water partition coefficient (Wildman–Crippen LogP) is 3.66. The topological polar surface area (TPSA) is 55.1 Å². The van der Waals surface area contributed by atoms with Gasteiger partial charge in [-0.2, -0.15) is 0 Å². The monoisotopic (exact) mass is 332 g/mol. The summed E-state index contributed by atoms with van der Waals surface area (Å²) in [7, 11) is 0. The summed E-state index contributed by atoms with van der Waals surface area (Å²) in [5.74, 6) is -0.150. The molecule has 0 aromatic heterocycles. The molecule has 2 aromatic carbocycles. The molecule has 0 aliphatic heterocycles. The molecule has 4 heteroatoms. The summed E-state index contributed by atoms with van der Waals surface area (Å²) in [6, 6.07) is 11.4. The van der Waals surface area contributed by atoms with Crippen LogP contribution >= 0.6 is 12.4 Å². The van der Waals surface area contributed by atoms with Gasteiger partial charge in [-0.15, -0.1) is 12.4 Å². The number of nitrogens with two attached hydrogens (primary N) is 1. The first-order chi connectivity index (χ1) is 10.4. The Hall–Kier alpha value is -1.84. The van der Waals surface area contributed by atoms with Crippen LogP contribution in [-0.2, 0) is 11.3 Å². The second-order valence-corrected chi connectivity index (χ2v) is 5.98. The van der Waals surface area contributed by atoms with Crippen LogP contribution < -0.4 is 11.1 Å². The molecule has 23 heavy (non-hydrogen) atoms. The van der Waals surface area contributed by atoms with Crippen molar-refractivity contribution in [3.8, 4) is 0 Å². The summed E-state index contributed by atoms with van der Waals surface area (Å²) >= 11 is 0. The smallest absolute Gasteiger partial charge is 0.241 e. The van der Waals surface area contributed by atoms with Crippen LogP contribution in [-0.4, -0.2) is 5.91 Å². The molecule has 1 atom stereocenters. The summed E-state index contributed by atoms with van der Waals surface area (Å²) in [4.78, 5) is 12.3. The van der Waals surface area contributed by atoms with E-state index in [1.165, 1.54) is 16.7 Å². The van der Waals surface area contributed by atoms with E-state index in [4.69, 9.17) is 5.73 Å². The summed E-state index contributed by atoms with van der Waals surface area (Å²) in [6.07, 6.45) is 0. The minimum absolute atomic E-state index is 0. The van der Waals surface area contributed by atoms with Crippen LogP contribution in [0.5, 0.6) is 0 Å². The van der Waals surface area contributed by atoms with E-state index in [0.29, 0.717) is 6.54 Å². The molecule has 1 unspecified atom stereocenters. The molecule has 2 rings (SSSR count). The quantitative estimate of drug-likeness (QED) is 0.897. The third-order valence-corrected chi connectivity index (χ3v) is 4.00. The maximum absolute atomic E-state index is 12.3. The third kappa shape index (κ3) is 4.81. The Bertz CT molecular complexity index is 657. The summed E-state index contributed by atoms with van der Waals surface area (Å²) in [6.45, 7) is 8.74. The van der Waals surface area contributed by atoms with E-state index in [1.54, 1.807) is 0 Å². The van der Waals surface area contributed by atoms with E-state index < -0.39 is 6.04 Å². The minimum atomic E-state index is -0.633. The van der Waals surface area contributed by atoms with Crippen molar-refractivity contribution >= 4 is 18.3 Å². The van der Waals surface area contributed by atoms with Gasteiger partial charge >= 0.3 is 0 Å². The van der Waals surface area contributed by atoms with Crippen molar-refractivity contribution in [3.05, 3.63) is 69.8 Å². The van der Waals surface area contributed by atoms with Crippen molar-refractivity contribution in [3.63, 3.8) is 0 Å². The number of nitrogens with one attached hydrogen (secondary N) is 1. The Balaban J connectivity index is 0.00000264. The van der Waals surface area contributed by atoms with Gasteiger partial charge in [0, 0.05) is 6.54 Å². The fourth-order valence-corrected chi connectivity index (χ4v) is 2.70. The lowest BCUT2D eigenvalue weighted by atomic mass is 9.99. The number of aryl methyl sites for hydroxylation is 4. The van der Waals surface area contributed by atoms with Gasteiger partial charge in [0.15, 0.2) is 0 Å². The van der Waals surface area contributed by atoms with Crippen LogP contribution in [0, 0.1) is 27.7 Å². The van der Waals surface area contributed by atoms with Crippen molar-refractivity contribution in [2.45, 2.75) is 40.3 Å².